The van der Waals surface area contributed by atoms with Crippen LogP contribution in [-0.4, -0.2) is 10.5 Å². The van der Waals surface area contributed by atoms with Gasteiger partial charge in [0.1, 0.15) is 11.4 Å². The fourth-order valence-electron chi connectivity index (χ4n) is 4.67. The first-order chi connectivity index (χ1) is 12.4. The molecule has 3 atom stereocenters. The molecule has 2 unspecified atom stereocenters. The van der Waals surface area contributed by atoms with Crippen LogP contribution in [0.3, 0.4) is 0 Å². The Morgan fingerprint density at radius 1 is 1.27 bits per heavy atom. The van der Waals surface area contributed by atoms with Crippen molar-refractivity contribution in [2.24, 2.45) is 0 Å². The zero-order chi connectivity index (χ0) is 18.5. The van der Waals surface area contributed by atoms with Crippen molar-refractivity contribution in [2.45, 2.75) is 50.5 Å². The Bertz CT molecular complexity index is 919. The average molecular weight is 349 g/mol. The summed E-state index contributed by atoms with van der Waals surface area (Å²) in [5.74, 6) is 1.11. The lowest BCUT2D eigenvalue weighted by Gasteiger charge is -2.53. The summed E-state index contributed by atoms with van der Waals surface area (Å²) in [6, 6.07) is 13.5. The van der Waals surface area contributed by atoms with Crippen molar-refractivity contribution in [3.05, 3.63) is 75.3 Å². The van der Waals surface area contributed by atoms with Crippen LogP contribution in [0.25, 0.3) is 6.08 Å². The molecule has 26 heavy (non-hydrogen) atoms. The maximum absolute atomic E-state index is 11.1. The van der Waals surface area contributed by atoms with Crippen molar-refractivity contribution >= 4 is 11.8 Å². The molecule has 2 aromatic rings. The maximum atomic E-state index is 11.1. The fraction of sp³-hybridized carbons (Fsp3) is 0.364. The van der Waals surface area contributed by atoms with Crippen LogP contribution in [0.15, 0.2) is 48.5 Å². The molecular weight excluding hydrogens is 326 g/mol. The van der Waals surface area contributed by atoms with Crippen molar-refractivity contribution in [1.82, 2.24) is 0 Å². The molecule has 0 saturated carbocycles. The number of non-ortho nitro benzene ring substituents is 1. The molecule has 1 aliphatic carbocycles. The molecule has 2 aliphatic rings. The second kappa shape index (κ2) is 5.70. The molecule has 4 heteroatoms. The Kier molecular flexibility index (Phi) is 3.69. The lowest BCUT2D eigenvalue weighted by Crippen LogP contribution is -2.56. The Balaban J connectivity index is 1.85. The molecule has 0 saturated heterocycles. The molecule has 0 bridgehead atoms. The van der Waals surface area contributed by atoms with E-state index in [1.54, 1.807) is 12.1 Å². The quantitative estimate of drug-likeness (QED) is 0.523. The summed E-state index contributed by atoms with van der Waals surface area (Å²) >= 11 is 0. The van der Waals surface area contributed by atoms with E-state index in [4.69, 9.17) is 4.74 Å². The molecule has 1 aliphatic heterocycles. The minimum atomic E-state index is -0.446. The Labute approximate surface area is 153 Å². The van der Waals surface area contributed by atoms with Gasteiger partial charge in [-0.1, -0.05) is 51.1 Å². The summed E-state index contributed by atoms with van der Waals surface area (Å²) in [7, 11) is 0. The van der Waals surface area contributed by atoms with E-state index >= 15 is 0 Å². The number of nitro benzene ring substituents is 1. The average Bonchev–Trinajstić information content (AvgIpc) is 2.65. The second-order valence-electron chi connectivity index (χ2n) is 7.68. The number of rotatable bonds is 2. The second-order valence-corrected chi connectivity index (χ2v) is 7.68. The van der Waals surface area contributed by atoms with E-state index in [-0.39, 0.29) is 16.0 Å². The van der Waals surface area contributed by atoms with Gasteiger partial charge in [-0.15, -0.1) is 0 Å². The first-order valence-electron chi connectivity index (χ1n) is 9.16. The zero-order valence-corrected chi connectivity index (χ0v) is 15.4. The van der Waals surface area contributed by atoms with Gasteiger partial charge in [0.25, 0.3) is 5.69 Å². The van der Waals surface area contributed by atoms with E-state index in [0.29, 0.717) is 5.92 Å². The number of nitrogens with zero attached hydrogens (tertiary/aromatic N) is 1. The summed E-state index contributed by atoms with van der Waals surface area (Å²) in [6.07, 6.45) is 5.97. The van der Waals surface area contributed by atoms with Gasteiger partial charge in [-0.2, -0.15) is 0 Å². The van der Waals surface area contributed by atoms with Crippen molar-refractivity contribution in [3.8, 4) is 5.75 Å². The molecule has 4 nitrogen and oxygen atoms in total. The highest BCUT2D eigenvalue weighted by Gasteiger charge is 2.54. The first-order valence-corrected chi connectivity index (χ1v) is 9.16. The molecule has 0 amide bonds. The number of benzene rings is 2. The van der Waals surface area contributed by atoms with Crippen molar-refractivity contribution in [1.29, 1.82) is 0 Å². The fourth-order valence-corrected chi connectivity index (χ4v) is 4.67. The summed E-state index contributed by atoms with van der Waals surface area (Å²) in [5.41, 5.74) is 3.00. The molecular formula is C22H23NO3. The first kappa shape index (κ1) is 16.8. The van der Waals surface area contributed by atoms with Crippen LogP contribution < -0.4 is 4.74 Å². The topological polar surface area (TPSA) is 52.4 Å². The Hall–Kier alpha value is -2.62. The largest absolute Gasteiger partial charge is 0.482 e. The lowest BCUT2D eigenvalue weighted by molar-refractivity contribution is -0.384. The number of ether oxygens (including phenoxy) is 1. The van der Waals surface area contributed by atoms with Gasteiger partial charge in [0.2, 0.25) is 0 Å². The monoisotopic (exact) mass is 349 g/mol. The SMILES string of the molecule is CC[C@@]1(C)c2ccccc2C(C)CC12C=Cc1cc([N+](=O)[O-])ccc1O2. The molecule has 134 valence electrons. The third-order valence-corrected chi connectivity index (χ3v) is 6.37. The van der Waals surface area contributed by atoms with E-state index < -0.39 is 5.60 Å². The number of fused-ring (bicyclic) bond motifs is 2. The van der Waals surface area contributed by atoms with Crippen LogP contribution in [0.5, 0.6) is 5.75 Å². The third kappa shape index (κ3) is 2.21. The summed E-state index contributed by atoms with van der Waals surface area (Å²) in [4.78, 5) is 10.7. The number of hydrogen-bond acceptors (Lipinski definition) is 3. The van der Waals surface area contributed by atoms with E-state index in [2.05, 4.69) is 51.1 Å². The molecule has 0 fully saturated rings. The highest BCUT2D eigenvalue weighted by atomic mass is 16.6. The smallest absolute Gasteiger partial charge is 0.270 e. The van der Waals surface area contributed by atoms with E-state index in [9.17, 15) is 10.1 Å². The van der Waals surface area contributed by atoms with Gasteiger partial charge in [-0.25, -0.2) is 0 Å². The van der Waals surface area contributed by atoms with Crippen molar-refractivity contribution in [3.63, 3.8) is 0 Å². The standard InChI is InChI=1S/C22H23NO3/c1-4-21(3)19-8-6-5-7-18(19)15(2)14-22(21)12-11-16-13-17(23(24)25)9-10-20(16)26-22/h5-13,15H,4,14H2,1-3H3/t15?,21-,22?/m0/s1. The molecule has 1 heterocycles. The molecule has 2 aromatic carbocycles. The molecule has 0 N–H and O–H groups in total. The summed E-state index contributed by atoms with van der Waals surface area (Å²) in [6.45, 7) is 6.73. The summed E-state index contributed by atoms with van der Waals surface area (Å²) in [5, 5.41) is 11.1. The van der Waals surface area contributed by atoms with Crippen LogP contribution in [0.4, 0.5) is 5.69 Å². The van der Waals surface area contributed by atoms with Gasteiger partial charge < -0.3 is 4.74 Å². The molecule has 0 aromatic heterocycles. The predicted molar refractivity (Wildman–Crippen MR) is 103 cm³/mol. The van der Waals surface area contributed by atoms with Gasteiger partial charge in [-0.3, -0.25) is 10.1 Å². The highest BCUT2D eigenvalue weighted by molar-refractivity contribution is 5.65. The van der Waals surface area contributed by atoms with E-state index in [0.717, 1.165) is 24.2 Å². The maximum Gasteiger partial charge on any atom is 0.270 e. The lowest BCUT2D eigenvalue weighted by atomic mass is 9.57. The minimum absolute atomic E-state index is 0.0913. The predicted octanol–water partition coefficient (Wildman–Crippen LogP) is 5.61. The van der Waals surface area contributed by atoms with Crippen molar-refractivity contribution < 1.29 is 9.66 Å². The molecule has 0 radical (unpaired) electrons. The zero-order valence-electron chi connectivity index (χ0n) is 15.4. The van der Waals surface area contributed by atoms with Crippen LogP contribution in [-0.2, 0) is 5.41 Å². The molecule has 1 spiro atoms. The highest BCUT2D eigenvalue weighted by Crippen LogP contribution is 2.55. The third-order valence-electron chi connectivity index (χ3n) is 6.37. The Morgan fingerprint density at radius 2 is 2.04 bits per heavy atom. The molecule has 4 rings (SSSR count). The van der Waals surface area contributed by atoms with Crippen molar-refractivity contribution in [2.75, 3.05) is 0 Å². The van der Waals surface area contributed by atoms with Crippen LogP contribution in [0.1, 0.15) is 56.2 Å². The number of hydrogen-bond donors (Lipinski definition) is 0. The number of nitro groups is 1. The Morgan fingerprint density at radius 3 is 2.77 bits per heavy atom. The van der Waals surface area contributed by atoms with E-state index in [1.807, 2.05) is 6.08 Å². The normalized spacial score (nSPS) is 29.0. The van der Waals surface area contributed by atoms with Crippen LogP contribution >= 0.6 is 0 Å². The van der Waals surface area contributed by atoms with Gasteiger partial charge in [0, 0.05) is 23.1 Å². The van der Waals surface area contributed by atoms with Gasteiger partial charge in [0.15, 0.2) is 0 Å². The van der Waals surface area contributed by atoms with Crippen LogP contribution in [0.2, 0.25) is 0 Å². The van der Waals surface area contributed by atoms with Gasteiger partial charge in [0.05, 0.1) is 4.92 Å². The van der Waals surface area contributed by atoms with E-state index in [1.165, 1.54) is 17.2 Å². The van der Waals surface area contributed by atoms with Gasteiger partial charge >= 0.3 is 0 Å². The summed E-state index contributed by atoms with van der Waals surface area (Å²) < 4.78 is 6.62. The minimum Gasteiger partial charge on any atom is -0.482 e. The van der Waals surface area contributed by atoms with Crippen LogP contribution in [0, 0.1) is 10.1 Å². The van der Waals surface area contributed by atoms with Gasteiger partial charge in [-0.05, 0) is 42.0 Å².